The van der Waals surface area contributed by atoms with E-state index >= 15 is 0 Å². The molecule has 6 nitrogen and oxygen atoms in total. The van der Waals surface area contributed by atoms with E-state index < -0.39 is 0 Å². The van der Waals surface area contributed by atoms with E-state index in [9.17, 15) is 4.79 Å². The molecule has 0 atom stereocenters. The Balaban J connectivity index is 1.31. The molecule has 1 aromatic heterocycles. The van der Waals surface area contributed by atoms with E-state index in [-0.39, 0.29) is 11.9 Å². The average molecular weight is 369 g/mol. The van der Waals surface area contributed by atoms with Crippen LogP contribution >= 0.6 is 11.6 Å². The molecule has 2 heterocycles. The van der Waals surface area contributed by atoms with Gasteiger partial charge in [0.2, 0.25) is 0 Å². The first-order valence-corrected chi connectivity index (χ1v) is 8.70. The van der Waals surface area contributed by atoms with Crippen LogP contribution in [-0.2, 0) is 6.61 Å². The number of carbonyl (C=O) groups is 1. The fourth-order valence-electron chi connectivity index (χ4n) is 2.80. The van der Waals surface area contributed by atoms with Gasteiger partial charge >= 0.3 is 0 Å². The lowest BCUT2D eigenvalue weighted by Crippen LogP contribution is -2.50. The molecule has 26 heavy (non-hydrogen) atoms. The van der Waals surface area contributed by atoms with Crippen LogP contribution in [0.2, 0.25) is 5.02 Å². The Kier molecular flexibility index (Phi) is 4.58. The van der Waals surface area contributed by atoms with Gasteiger partial charge in [-0.15, -0.1) is 5.10 Å². The average Bonchev–Trinajstić information content (AvgIpc) is 3.08. The molecule has 0 saturated carbocycles. The number of ether oxygens (including phenoxy) is 1. The molecule has 132 valence electrons. The molecule has 0 bridgehead atoms. The molecule has 0 radical (unpaired) electrons. The maximum atomic E-state index is 12.4. The van der Waals surface area contributed by atoms with E-state index in [0.29, 0.717) is 30.3 Å². The largest absolute Gasteiger partial charge is 0.487 e. The summed E-state index contributed by atoms with van der Waals surface area (Å²) in [6, 6.07) is 16.7. The van der Waals surface area contributed by atoms with Crippen molar-refractivity contribution >= 4 is 17.5 Å². The SMILES string of the molecule is O=C(c1ccc(Cl)cc1)N1CC(n2cc(COc3ccccc3)nn2)C1. The highest BCUT2D eigenvalue weighted by atomic mass is 35.5. The molecule has 7 heteroatoms. The number of likely N-dealkylation sites (tertiary alicyclic amines) is 1. The van der Waals surface area contributed by atoms with Crippen LogP contribution in [0.25, 0.3) is 0 Å². The quantitative estimate of drug-likeness (QED) is 0.693. The zero-order valence-electron chi connectivity index (χ0n) is 14.0. The van der Waals surface area contributed by atoms with Crippen molar-refractivity contribution in [2.45, 2.75) is 12.6 Å². The molecule has 0 N–H and O–H groups in total. The van der Waals surface area contributed by atoms with Crippen LogP contribution in [0.4, 0.5) is 0 Å². The fraction of sp³-hybridized carbons (Fsp3) is 0.211. The molecule has 3 aromatic rings. The predicted octanol–water partition coefficient (Wildman–Crippen LogP) is 3.21. The molecule has 0 spiro atoms. The van der Waals surface area contributed by atoms with Crippen molar-refractivity contribution in [3.63, 3.8) is 0 Å². The number of aromatic nitrogens is 3. The van der Waals surface area contributed by atoms with Crippen molar-refractivity contribution < 1.29 is 9.53 Å². The highest BCUT2D eigenvalue weighted by Crippen LogP contribution is 2.23. The summed E-state index contributed by atoms with van der Waals surface area (Å²) in [5, 5.41) is 8.92. The minimum Gasteiger partial charge on any atom is -0.487 e. The van der Waals surface area contributed by atoms with Gasteiger partial charge in [0.1, 0.15) is 18.1 Å². The monoisotopic (exact) mass is 368 g/mol. The molecular weight excluding hydrogens is 352 g/mol. The summed E-state index contributed by atoms with van der Waals surface area (Å²) in [7, 11) is 0. The van der Waals surface area contributed by atoms with E-state index in [1.165, 1.54) is 0 Å². The second-order valence-corrected chi connectivity index (χ2v) is 6.60. The van der Waals surface area contributed by atoms with Gasteiger partial charge in [0.25, 0.3) is 5.91 Å². The molecule has 0 aliphatic carbocycles. The molecule has 4 rings (SSSR count). The lowest BCUT2D eigenvalue weighted by Gasteiger charge is -2.38. The first-order chi connectivity index (χ1) is 12.7. The molecule has 0 unspecified atom stereocenters. The molecule has 1 aliphatic rings. The Morgan fingerprint density at radius 3 is 2.58 bits per heavy atom. The van der Waals surface area contributed by atoms with Crippen molar-refractivity contribution in [2.24, 2.45) is 0 Å². The smallest absolute Gasteiger partial charge is 0.254 e. The number of nitrogens with zero attached hydrogens (tertiary/aromatic N) is 4. The van der Waals surface area contributed by atoms with E-state index in [4.69, 9.17) is 16.3 Å². The van der Waals surface area contributed by atoms with E-state index in [1.54, 1.807) is 33.8 Å². The first kappa shape index (κ1) is 16.6. The van der Waals surface area contributed by atoms with Crippen molar-refractivity contribution in [2.75, 3.05) is 13.1 Å². The number of carbonyl (C=O) groups excluding carboxylic acids is 1. The summed E-state index contributed by atoms with van der Waals surface area (Å²) in [6.45, 7) is 1.59. The van der Waals surface area contributed by atoms with Gasteiger partial charge in [0.05, 0.1) is 12.2 Å². The molecular formula is C19H17ClN4O2. The maximum Gasteiger partial charge on any atom is 0.254 e. The summed E-state index contributed by atoms with van der Waals surface area (Å²) in [5.41, 5.74) is 1.40. The molecule has 1 amide bonds. The highest BCUT2D eigenvalue weighted by Gasteiger charge is 2.33. The summed E-state index contributed by atoms with van der Waals surface area (Å²) < 4.78 is 7.47. The Labute approximate surface area is 155 Å². The van der Waals surface area contributed by atoms with Crippen LogP contribution < -0.4 is 4.74 Å². The van der Waals surface area contributed by atoms with Gasteiger partial charge in [-0.2, -0.15) is 0 Å². The van der Waals surface area contributed by atoms with Gasteiger partial charge in [-0.05, 0) is 36.4 Å². The molecule has 1 saturated heterocycles. The topological polar surface area (TPSA) is 60.2 Å². The highest BCUT2D eigenvalue weighted by molar-refractivity contribution is 6.30. The number of amides is 1. The zero-order valence-corrected chi connectivity index (χ0v) is 14.7. The van der Waals surface area contributed by atoms with Crippen LogP contribution in [0.3, 0.4) is 0 Å². The van der Waals surface area contributed by atoms with E-state index in [0.717, 1.165) is 11.4 Å². The Morgan fingerprint density at radius 1 is 1.12 bits per heavy atom. The van der Waals surface area contributed by atoms with Crippen LogP contribution in [0.15, 0.2) is 60.8 Å². The standard InChI is InChI=1S/C19H17ClN4O2/c20-15-8-6-14(7-9-15)19(25)23-11-17(12-23)24-10-16(21-22-24)13-26-18-4-2-1-3-5-18/h1-10,17H,11-13H2. The van der Waals surface area contributed by atoms with Gasteiger partial charge < -0.3 is 9.64 Å². The third-order valence-electron chi connectivity index (χ3n) is 4.30. The normalized spacial score (nSPS) is 14.1. The molecule has 1 fully saturated rings. The zero-order chi connectivity index (χ0) is 17.9. The minimum atomic E-state index is 0.00525. The van der Waals surface area contributed by atoms with Crippen molar-refractivity contribution in [1.82, 2.24) is 19.9 Å². The second-order valence-electron chi connectivity index (χ2n) is 6.16. The lowest BCUT2D eigenvalue weighted by molar-refractivity contribution is 0.0498. The number of hydrogen-bond donors (Lipinski definition) is 0. The minimum absolute atomic E-state index is 0.00525. The fourth-order valence-corrected chi connectivity index (χ4v) is 2.92. The number of para-hydroxylation sites is 1. The Hall–Kier alpha value is -2.86. The third kappa shape index (κ3) is 3.55. The third-order valence-corrected chi connectivity index (χ3v) is 4.55. The van der Waals surface area contributed by atoms with Crippen molar-refractivity contribution in [1.29, 1.82) is 0 Å². The van der Waals surface area contributed by atoms with Crippen LogP contribution in [0.1, 0.15) is 22.1 Å². The Morgan fingerprint density at radius 2 is 1.85 bits per heavy atom. The summed E-state index contributed by atoms with van der Waals surface area (Å²) in [4.78, 5) is 14.2. The molecule has 1 aliphatic heterocycles. The van der Waals surface area contributed by atoms with Crippen LogP contribution in [0, 0.1) is 0 Å². The number of benzene rings is 2. The van der Waals surface area contributed by atoms with Crippen LogP contribution in [0.5, 0.6) is 5.75 Å². The lowest BCUT2D eigenvalue weighted by atomic mass is 10.1. The van der Waals surface area contributed by atoms with E-state index in [2.05, 4.69) is 10.3 Å². The van der Waals surface area contributed by atoms with Gasteiger partial charge in [-0.3, -0.25) is 4.79 Å². The number of halogens is 1. The maximum absolute atomic E-state index is 12.4. The second kappa shape index (κ2) is 7.17. The summed E-state index contributed by atoms with van der Waals surface area (Å²) in [5.74, 6) is 0.802. The van der Waals surface area contributed by atoms with Gasteiger partial charge in [0.15, 0.2) is 0 Å². The van der Waals surface area contributed by atoms with E-state index in [1.807, 2.05) is 36.5 Å². The van der Waals surface area contributed by atoms with Gasteiger partial charge in [-0.25, -0.2) is 4.68 Å². The van der Waals surface area contributed by atoms with Crippen molar-refractivity contribution in [3.05, 3.63) is 77.1 Å². The van der Waals surface area contributed by atoms with Gasteiger partial charge in [0, 0.05) is 23.7 Å². The first-order valence-electron chi connectivity index (χ1n) is 8.32. The Bertz CT molecular complexity index is 889. The van der Waals surface area contributed by atoms with Crippen LogP contribution in [-0.4, -0.2) is 38.9 Å². The number of rotatable bonds is 5. The number of hydrogen-bond acceptors (Lipinski definition) is 4. The summed E-state index contributed by atoms with van der Waals surface area (Å²) >= 11 is 5.86. The predicted molar refractivity (Wildman–Crippen MR) is 97.2 cm³/mol. The molecule has 2 aromatic carbocycles. The van der Waals surface area contributed by atoms with Gasteiger partial charge in [-0.1, -0.05) is 35.0 Å². The summed E-state index contributed by atoms with van der Waals surface area (Å²) in [6.07, 6.45) is 1.87. The van der Waals surface area contributed by atoms with Crippen molar-refractivity contribution in [3.8, 4) is 5.75 Å².